The van der Waals surface area contributed by atoms with Gasteiger partial charge in [0.2, 0.25) is 10.0 Å². The summed E-state index contributed by atoms with van der Waals surface area (Å²) >= 11 is 12.3. The van der Waals surface area contributed by atoms with Crippen molar-refractivity contribution in [1.82, 2.24) is 4.72 Å². The first-order valence-corrected chi connectivity index (χ1v) is 12.1. The van der Waals surface area contributed by atoms with Crippen LogP contribution in [0.15, 0.2) is 71.6 Å². The zero-order chi connectivity index (χ0) is 24.0. The Kier molecular flexibility index (Phi) is 8.20. The lowest BCUT2D eigenvalue weighted by molar-refractivity contribution is -0.118. The monoisotopic (exact) mass is 508 g/mol. The van der Waals surface area contributed by atoms with Crippen LogP contribution < -0.4 is 19.5 Å². The van der Waals surface area contributed by atoms with E-state index in [9.17, 15) is 13.2 Å². The molecule has 3 aromatic rings. The zero-order valence-corrected chi connectivity index (χ0v) is 20.2. The van der Waals surface area contributed by atoms with E-state index in [1.165, 1.54) is 25.3 Å². The van der Waals surface area contributed by atoms with Crippen LogP contribution in [0.25, 0.3) is 0 Å². The van der Waals surface area contributed by atoms with E-state index in [1.807, 2.05) is 30.3 Å². The molecule has 0 heterocycles. The van der Waals surface area contributed by atoms with Gasteiger partial charge in [0.25, 0.3) is 5.91 Å². The highest BCUT2D eigenvalue weighted by molar-refractivity contribution is 7.89. The zero-order valence-electron chi connectivity index (χ0n) is 17.8. The molecule has 0 unspecified atom stereocenters. The normalized spacial score (nSPS) is 12.1. The van der Waals surface area contributed by atoms with Crippen molar-refractivity contribution in [2.24, 2.45) is 0 Å². The second kappa shape index (κ2) is 10.9. The minimum atomic E-state index is -3.82. The lowest BCUT2D eigenvalue weighted by Gasteiger charge is -2.15. The molecule has 0 spiro atoms. The number of rotatable bonds is 9. The van der Waals surface area contributed by atoms with Crippen molar-refractivity contribution >= 4 is 44.8 Å². The second-order valence-corrected chi connectivity index (χ2v) is 9.56. The molecule has 174 valence electrons. The third-order valence-corrected chi connectivity index (χ3v) is 6.77. The topological polar surface area (TPSA) is 93.7 Å². The number of hydrogen-bond donors (Lipinski definition) is 2. The minimum Gasteiger partial charge on any atom is -0.495 e. The van der Waals surface area contributed by atoms with Crippen LogP contribution in [0.3, 0.4) is 0 Å². The quantitative estimate of drug-likeness (QED) is 0.421. The van der Waals surface area contributed by atoms with Crippen molar-refractivity contribution in [3.05, 3.63) is 82.3 Å². The molecule has 3 aromatic carbocycles. The molecule has 0 aliphatic heterocycles. The summed E-state index contributed by atoms with van der Waals surface area (Å²) < 4.78 is 38.6. The molecule has 0 bridgehead atoms. The number of methoxy groups -OCH3 is 1. The Balaban J connectivity index is 1.62. The van der Waals surface area contributed by atoms with Crippen LogP contribution in [0.4, 0.5) is 5.69 Å². The maximum Gasteiger partial charge on any atom is 0.262 e. The van der Waals surface area contributed by atoms with E-state index in [2.05, 4.69) is 10.0 Å². The molecule has 1 amide bonds. The van der Waals surface area contributed by atoms with Crippen LogP contribution in [0.1, 0.15) is 18.5 Å². The Morgan fingerprint density at radius 1 is 0.970 bits per heavy atom. The lowest BCUT2D eigenvalue weighted by Crippen LogP contribution is -2.27. The molecule has 0 saturated carbocycles. The van der Waals surface area contributed by atoms with Crippen LogP contribution in [0, 0.1) is 0 Å². The number of ether oxygens (including phenoxy) is 2. The Bertz CT molecular complexity index is 1240. The van der Waals surface area contributed by atoms with Gasteiger partial charge >= 0.3 is 0 Å². The summed E-state index contributed by atoms with van der Waals surface area (Å²) in [6.45, 7) is 1.42. The third kappa shape index (κ3) is 6.61. The molecular weight excluding hydrogens is 487 g/mol. The van der Waals surface area contributed by atoms with Crippen molar-refractivity contribution < 1.29 is 22.7 Å². The van der Waals surface area contributed by atoms with Crippen molar-refractivity contribution in [2.45, 2.75) is 17.9 Å². The van der Waals surface area contributed by atoms with Gasteiger partial charge in [-0.05, 0) is 48.9 Å². The van der Waals surface area contributed by atoms with E-state index < -0.39 is 22.0 Å². The van der Waals surface area contributed by atoms with Crippen LogP contribution in [0.5, 0.6) is 11.5 Å². The van der Waals surface area contributed by atoms with Gasteiger partial charge in [0.1, 0.15) is 11.5 Å². The largest absolute Gasteiger partial charge is 0.495 e. The van der Waals surface area contributed by atoms with Crippen LogP contribution in [-0.4, -0.2) is 28.0 Å². The summed E-state index contributed by atoms with van der Waals surface area (Å²) in [5.74, 6) is 0.220. The molecule has 3 rings (SSSR count). The smallest absolute Gasteiger partial charge is 0.262 e. The van der Waals surface area contributed by atoms with Crippen LogP contribution >= 0.6 is 23.2 Å². The molecule has 0 aliphatic rings. The summed E-state index contributed by atoms with van der Waals surface area (Å²) in [5.41, 5.74) is 1.30. The number of nitrogens with one attached hydrogen (secondary N) is 2. The first-order chi connectivity index (χ1) is 15.7. The standard InChI is InChI=1S/C23H22Cl2N2O5S/c1-15(16-6-4-3-5-7-16)27-33(29,30)18-9-11-22(20(25)13-18)32-14-23(28)26-17-8-10-21(31-2)19(24)12-17/h3-13,15,27H,14H2,1-2H3,(H,26,28)/t15-/m1/s1. The summed E-state index contributed by atoms with van der Waals surface area (Å²) in [6, 6.07) is 17.6. The number of sulfonamides is 1. The van der Waals surface area contributed by atoms with Crippen LogP contribution in [0.2, 0.25) is 10.0 Å². The number of anilines is 1. The Labute approximate surface area is 202 Å². The van der Waals surface area contributed by atoms with E-state index in [-0.39, 0.29) is 22.3 Å². The first-order valence-electron chi connectivity index (χ1n) is 9.82. The van der Waals surface area contributed by atoms with Crippen LogP contribution in [-0.2, 0) is 14.8 Å². The molecule has 0 radical (unpaired) electrons. The number of amides is 1. The number of benzene rings is 3. The van der Waals surface area contributed by atoms with Crippen molar-refractivity contribution in [3.63, 3.8) is 0 Å². The van der Waals surface area contributed by atoms with Crippen molar-refractivity contribution in [2.75, 3.05) is 19.0 Å². The predicted molar refractivity (Wildman–Crippen MR) is 129 cm³/mol. The van der Waals surface area contributed by atoms with Gasteiger partial charge in [-0.25, -0.2) is 13.1 Å². The number of carbonyl (C=O) groups excluding carboxylic acids is 1. The first kappa shape index (κ1) is 24.9. The summed E-state index contributed by atoms with van der Waals surface area (Å²) in [6.07, 6.45) is 0. The Morgan fingerprint density at radius 2 is 1.64 bits per heavy atom. The highest BCUT2D eigenvalue weighted by Gasteiger charge is 2.20. The summed E-state index contributed by atoms with van der Waals surface area (Å²) in [7, 11) is -2.33. The SMILES string of the molecule is COc1ccc(NC(=O)COc2ccc(S(=O)(=O)N[C@H](C)c3ccccc3)cc2Cl)cc1Cl. The average molecular weight is 509 g/mol. The molecular formula is C23H22Cl2N2O5S. The lowest BCUT2D eigenvalue weighted by atomic mass is 10.1. The fraction of sp³-hybridized carbons (Fsp3) is 0.174. The second-order valence-electron chi connectivity index (χ2n) is 7.03. The van der Waals surface area contributed by atoms with Gasteiger partial charge in [0, 0.05) is 11.7 Å². The fourth-order valence-electron chi connectivity index (χ4n) is 2.96. The van der Waals surface area contributed by atoms with Crippen molar-refractivity contribution in [1.29, 1.82) is 0 Å². The molecule has 10 heteroatoms. The third-order valence-electron chi connectivity index (χ3n) is 4.64. The molecule has 7 nitrogen and oxygen atoms in total. The molecule has 1 atom stereocenters. The highest BCUT2D eigenvalue weighted by Crippen LogP contribution is 2.29. The van der Waals surface area contributed by atoms with Gasteiger partial charge in [-0.3, -0.25) is 4.79 Å². The average Bonchev–Trinajstić information content (AvgIpc) is 2.78. The molecule has 0 aliphatic carbocycles. The molecule has 0 fully saturated rings. The van der Waals surface area contributed by atoms with E-state index >= 15 is 0 Å². The number of halogens is 2. The summed E-state index contributed by atoms with van der Waals surface area (Å²) in [5, 5.41) is 3.06. The van der Waals surface area contributed by atoms with E-state index in [1.54, 1.807) is 25.1 Å². The molecule has 0 aromatic heterocycles. The number of hydrogen-bond acceptors (Lipinski definition) is 5. The van der Waals surface area contributed by atoms with Gasteiger partial charge in [-0.15, -0.1) is 0 Å². The summed E-state index contributed by atoms with van der Waals surface area (Å²) in [4.78, 5) is 12.2. The maximum absolute atomic E-state index is 12.7. The van der Waals surface area contributed by atoms with Gasteiger partial charge in [0.05, 0.1) is 22.1 Å². The van der Waals surface area contributed by atoms with Crippen molar-refractivity contribution in [3.8, 4) is 11.5 Å². The highest BCUT2D eigenvalue weighted by atomic mass is 35.5. The number of carbonyl (C=O) groups is 1. The van der Waals surface area contributed by atoms with Gasteiger partial charge in [-0.2, -0.15) is 0 Å². The minimum absolute atomic E-state index is 0.0139. The van der Waals surface area contributed by atoms with E-state index in [4.69, 9.17) is 32.7 Å². The molecule has 0 saturated heterocycles. The predicted octanol–water partition coefficient (Wildman–Crippen LogP) is 5.06. The Morgan fingerprint density at radius 3 is 2.27 bits per heavy atom. The maximum atomic E-state index is 12.7. The van der Waals surface area contributed by atoms with E-state index in [0.717, 1.165) is 5.56 Å². The van der Waals surface area contributed by atoms with Gasteiger partial charge < -0.3 is 14.8 Å². The van der Waals surface area contributed by atoms with E-state index in [0.29, 0.717) is 16.5 Å². The van der Waals surface area contributed by atoms with Gasteiger partial charge in [0.15, 0.2) is 6.61 Å². The molecule has 33 heavy (non-hydrogen) atoms. The van der Waals surface area contributed by atoms with Gasteiger partial charge in [-0.1, -0.05) is 53.5 Å². The Hall–Kier alpha value is -2.78. The fourth-order valence-corrected chi connectivity index (χ4v) is 4.78. The molecule has 2 N–H and O–H groups in total.